The average Bonchev–Trinajstić information content (AvgIpc) is 3.28. The molecule has 0 saturated carbocycles. The lowest BCUT2D eigenvalue weighted by molar-refractivity contribution is -0.167. The molecule has 0 radical (unpaired) electrons. The van der Waals surface area contributed by atoms with Crippen LogP contribution in [0.2, 0.25) is 0 Å². The topological polar surface area (TPSA) is 78.9 Å². The van der Waals surface area contributed by atoms with Gasteiger partial charge in [-0.2, -0.15) is 0 Å². The highest BCUT2D eigenvalue weighted by atomic mass is 16.6. The number of hydrogen-bond acceptors (Lipinski definition) is 6. The third-order valence-electron chi connectivity index (χ3n) is 11.5. The lowest BCUT2D eigenvalue weighted by Crippen LogP contribution is -2.30. The molecule has 6 heteroatoms. The molecule has 1 atom stereocenters. The fourth-order valence-electron chi connectivity index (χ4n) is 7.43. The van der Waals surface area contributed by atoms with Crippen molar-refractivity contribution in [3.63, 3.8) is 0 Å². The second kappa shape index (κ2) is 51.7. The van der Waals surface area contributed by atoms with E-state index >= 15 is 0 Å². The Labute approximate surface area is 390 Å². The molecule has 0 fully saturated rings. The molecule has 0 saturated heterocycles. The normalized spacial score (nSPS) is 12.5. The Morgan fingerprint density at radius 1 is 0.317 bits per heavy atom. The Kier molecular flexibility index (Phi) is 49.4. The molecule has 0 aromatic carbocycles. The van der Waals surface area contributed by atoms with Gasteiger partial charge in [-0.15, -0.1) is 0 Å². The van der Waals surface area contributed by atoms with Gasteiger partial charge in [-0.25, -0.2) is 0 Å². The molecule has 0 bridgehead atoms. The maximum Gasteiger partial charge on any atom is 0.306 e. The maximum absolute atomic E-state index is 12.8. The minimum absolute atomic E-state index is 0.0953. The van der Waals surface area contributed by atoms with E-state index in [2.05, 4.69) is 81.5 Å². The van der Waals surface area contributed by atoms with Gasteiger partial charge in [-0.1, -0.05) is 223 Å². The summed E-state index contributed by atoms with van der Waals surface area (Å²) in [6.45, 7) is 6.56. The first-order valence-corrected chi connectivity index (χ1v) is 26.8. The molecular formula is C57H100O6. The van der Waals surface area contributed by atoms with Crippen LogP contribution >= 0.6 is 0 Å². The Morgan fingerprint density at radius 3 is 0.984 bits per heavy atom. The second-order valence-corrected chi connectivity index (χ2v) is 17.8. The molecule has 0 aliphatic rings. The zero-order valence-corrected chi connectivity index (χ0v) is 41.6. The molecule has 6 nitrogen and oxygen atoms in total. The number of carbonyl (C=O) groups is 3. The number of esters is 3. The zero-order valence-electron chi connectivity index (χ0n) is 41.6. The van der Waals surface area contributed by atoms with Gasteiger partial charge in [-0.05, 0) is 83.5 Å². The van der Waals surface area contributed by atoms with Gasteiger partial charge in [0.1, 0.15) is 13.2 Å². The van der Waals surface area contributed by atoms with Crippen LogP contribution in [0.15, 0.2) is 60.8 Å². The van der Waals surface area contributed by atoms with Crippen LogP contribution in [0.3, 0.4) is 0 Å². The van der Waals surface area contributed by atoms with E-state index in [0.717, 1.165) is 64.2 Å². The van der Waals surface area contributed by atoms with E-state index in [1.165, 1.54) is 154 Å². The third-order valence-corrected chi connectivity index (χ3v) is 11.5. The van der Waals surface area contributed by atoms with Crippen LogP contribution in [0.1, 0.15) is 265 Å². The maximum atomic E-state index is 12.8. The number of ether oxygens (including phenoxy) is 3. The second-order valence-electron chi connectivity index (χ2n) is 17.8. The Bertz CT molecular complexity index is 1150. The highest BCUT2D eigenvalue weighted by Gasteiger charge is 2.19. The minimum atomic E-state index is -0.801. The highest BCUT2D eigenvalue weighted by Crippen LogP contribution is 2.14. The number of unbranched alkanes of at least 4 members (excludes halogenated alkanes) is 27. The molecule has 364 valence electrons. The lowest BCUT2D eigenvalue weighted by atomic mass is 10.1. The lowest BCUT2D eigenvalue weighted by Gasteiger charge is -2.18. The van der Waals surface area contributed by atoms with Crippen LogP contribution < -0.4 is 0 Å². The predicted octanol–water partition coefficient (Wildman–Crippen LogP) is 17.6. The van der Waals surface area contributed by atoms with Gasteiger partial charge in [0.25, 0.3) is 0 Å². The molecular weight excluding hydrogens is 781 g/mol. The first-order valence-electron chi connectivity index (χ1n) is 26.8. The Balaban J connectivity index is 4.44. The van der Waals surface area contributed by atoms with E-state index in [4.69, 9.17) is 14.2 Å². The van der Waals surface area contributed by atoms with Crippen LogP contribution in [-0.2, 0) is 28.6 Å². The summed E-state index contributed by atoms with van der Waals surface area (Å²) in [7, 11) is 0. The monoisotopic (exact) mass is 881 g/mol. The first-order chi connectivity index (χ1) is 31.0. The van der Waals surface area contributed by atoms with Crippen molar-refractivity contribution in [1.29, 1.82) is 0 Å². The quantitative estimate of drug-likeness (QED) is 0.0262. The summed E-state index contributed by atoms with van der Waals surface area (Å²) in [6, 6.07) is 0. The number of allylic oxidation sites excluding steroid dienone is 10. The highest BCUT2D eigenvalue weighted by molar-refractivity contribution is 5.71. The van der Waals surface area contributed by atoms with Gasteiger partial charge in [0, 0.05) is 19.3 Å². The van der Waals surface area contributed by atoms with Gasteiger partial charge in [-0.3, -0.25) is 14.4 Å². The summed E-state index contributed by atoms with van der Waals surface area (Å²) in [5.41, 5.74) is 0. The summed E-state index contributed by atoms with van der Waals surface area (Å²) < 4.78 is 16.8. The molecule has 0 amide bonds. The average molecular weight is 881 g/mol. The molecule has 0 heterocycles. The fourth-order valence-corrected chi connectivity index (χ4v) is 7.43. The van der Waals surface area contributed by atoms with Crippen molar-refractivity contribution in [2.75, 3.05) is 13.2 Å². The van der Waals surface area contributed by atoms with Gasteiger partial charge >= 0.3 is 17.9 Å². The van der Waals surface area contributed by atoms with Crippen molar-refractivity contribution in [3.05, 3.63) is 60.8 Å². The fraction of sp³-hybridized carbons (Fsp3) is 0.772. The summed E-state index contributed by atoms with van der Waals surface area (Å²) in [4.78, 5) is 38.0. The van der Waals surface area contributed by atoms with Crippen LogP contribution in [0, 0.1) is 0 Å². The molecule has 63 heavy (non-hydrogen) atoms. The molecule has 0 rings (SSSR count). The summed E-state index contributed by atoms with van der Waals surface area (Å²) >= 11 is 0. The molecule has 0 spiro atoms. The molecule has 0 aliphatic carbocycles. The van der Waals surface area contributed by atoms with Crippen LogP contribution in [0.5, 0.6) is 0 Å². The van der Waals surface area contributed by atoms with E-state index in [9.17, 15) is 14.4 Å². The van der Waals surface area contributed by atoms with E-state index < -0.39 is 6.10 Å². The molecule has 0 unspecified atom stereocenters. The van der Waals surface area contributed by atoms with Gasteiger partial charge in [0.2, 0.25) is 0 Å². The largest absolute Gasteiger partial charge is 0.462 e. The SMILES string of the molecule is CCCCC/C=C\C/C=C\C/C=C\C/C=C\CCCC(=O)O[C@H](COC(=O)CCCCCCCCC/C=C\CCCCCCCC)COC(=O)CCCCCCCCCCCCC. The third kappa shape index (κ3) is 50.0. The van der Waals surface area contributed by atoms with Gasteiger partial charge in [0.05, 0.1) is 0 Å². The molecule has 0 aromatic heterocycles. The van der Waals surface area contributed by atoms with E-state index in [1.807, 2.05) is 0 Å². The van der Waals surface area contributed by atoms with Crippen molar-refractivity contribution >= 4 is 17.9 Å². The number of hydrogen-bond donors (Lipinski definition) is 0. The Morgan fingerprint density at radius 2 is 0.587 bits per heavy atom. The molecule has 0 N–H and O–H groups in total. The number of carbonyl (C=O) groups excluding carboxylic acids is 3. The first kappa shape index (κ1) is 60.1. The van der Waals surface area contributed by atoms with Gasteiger partial charge < -0.3 is 14.2 Å². The minimum Gasteiger partial charge on any atom is -0.462 e. The standard InChI is InChI=1S/C57H100O6/c1-4-7-10-13-16-19-22-24-26-28-30-32-35-38-41-44-47-50-56(59)62-53-54(52-61-55(58)49-46-43-40-37-34-21-18-15-12-9-6-3)63-57(60)51-48-45-42-39-36-33-31-29-27-25-23-20-17-14-11-8-5-2/h17,20,24-27,31,33,39,42,54H,4-16,18-19,21-23,28-30,32,34-38,40-41,43-53H2,1-3H3/b20-17-,26-24-,27-25-,33-31-,42-39-/t54-/m0/s1. The summed E-state index contributed by atoms with van der Waals surface area (Å²) in [5, 5.41) is 0. The van der Waals surface area contributed by atoms with Gasteiger partial charge in [0.15, 0.2) is 6.10 Å². The predicted molar refractivity (Wildman–Crippen MR) is 270 cm³/mol. The van der Waals surface area contributed by atoms with E-state index in [0.29, 0.717) is 19.3 Å². The van der Waals surface area contributed by atoms with Crippen LogP contribution in [0.25, 0.3) is 0 Å². The van der Waals surface area contributed by atoms with Crippen molar-refractivity contribution in [2.45, 2.75) is 271 Å². The zero-order chi connectivity index (χ0) is 45.8. The van der Waals surface area contributed by atoms with Crippen LogP contribution in [-0.4, -0.2) is 37.2 Å². The van der Waals surface area contributed by atoms with Crippen molar-refractivity contribution < 1.29 is 28.6 Å². The van der Waals surface area contributed by atoms with Crippen molar-refractivity contribution in [1.82, 2.24) is 0 Å². The molecule has 0 aliphatic heterocycles. The Hall–Kier alpha value is -2.89. The smallest absolute Gasteiger partial charge is 0.306 e. The number of rotatable bonds is 48. The van der Waals surface area contributed by atoms with Crippen LogP contribution in [0.4, 0.5) is 0 Å². The van der Waals surface area contributed by atoms with E-state index in [-0.39, 0.29) is 37.5 Å². The summed E-state index contributed by atoms with van der Waals surface area (Å²) in [5.74, 6) is -0.951. The van der Waals surface area contributed by atoms with Crippen molar-refractivity contribution in [3.8, 4) is 0 Å². The molecule has 0 aromatic rings. The van der Waals surface area contributed by atoms with E-state index in [1.54, 1.807) is 0 Å². The summed E-state index contributed by atoms with van der Waals surface area (Å²) in [6.07, 6.45) is 63.5. The van der Waals surface area contributed by atoms with Crippen molar-refractivity contribution in [2.24, 2.45) is 0 Å².